The van der Waals surface area contributed by atoms with Gasteiger partial charge in [0, 0.05) is 19.4 Å². The van der Waals surface area contributed by atoms with Crippen molar-refractivity contribution in [2.24, 2.45) is 5.92 Å². The van der Waals surface area contributed by atoms with E-state index in [9.17, 15) is 4.79 Å². The third-order valence-corrected chi connectivity index (χ3v) is 1.70. The molecule has 74 valence electrons. The highest BCUT2D eigenvalue weighted by molar-refractivity contribution is 5.75. The van der Waals surface area contributed by atoms with Gasteiger partial charge in [0.05, 0.1) is 0 Å². The van der Waals surface area contributed by atoms with E-state index in [0.29, 0.717) is 18.9 Å². The van der Waals surface area contributed by atoms with Gasteiger partial charge in [-0.2, -0.15) is 0 Å². The quantitative estimate of drug-likeness (QED) is 0.510. The van der Waals surface area contributed by atoms with E-state index < -0.39 is 0 Å². The molecule has 0 rings (SSSR count). The number of carbonyl (C=O) groups excluding carboxylic acids is 1. The van der Waals surface area contributed by atoms with E-state index in [1.54, 1.807) is 6.92 Å². The SMILES string of the molecule is CC#CCCNC(=O)CCC(C)C. The molecule has 0 bridgehead atoms. The molecule has 0 saturated heterocycles. The van der Waals surface area contributed by atoms with Crippen LogP contribution in [0.4, 0.5) is 0 Å². The van der Waals surface area contributed by atoms with Crippen molar-refractivity contribution in [2.75, 3.05) is 6.54 Å². The van der Waals surface area contributed by atoms with Gasteiger partial charge in [-0.25, -0.2) is 0 Å². The van der Waals surface area contributed by atoms with E-state index in [1.165, 1.54) is 0 Å². The summed E-state index contributed by atoms with van der Waals surface area (Å²) in [6, 6.07) is 0. The zero-order chi connectivity index (χ0) is 10.1. The Bertz CT molecular complexity index is 198. The first kappa shape index (κ1) is 12.0. The maximum Gasteiger partial charge on any atom is 0.220 e. The Kier molecular flexibility index (Phi) is 7.10. The predicted octanol–water partition coefficient (Wildman–Crippen LogP) is 1.95. The van der Waals surface area contributed by atoms with Crippen LogP contribution in [0, 0.1) is 17.8 Å². The summed E-state index contributed by atoms with van der Waals surface area (Å²) in [5.41, 5.74) is 0. The van der Waals surface area contributed by atoms with E-state index in [2.05, 4.69) is 31.0 Å². The molecule has 0 fully saturated rings. The lowest BCUT2D eigenvalue weighted by molar-refractivity contribution is -0.121. The minimum Gasteiger partial charge on any atom is -0.355 e. The molecule has 1 amide bonds. The van der Waals surface area contributed by atoms with E-state index in [4.69, 9.17) is 0 Å². The largest absolute Gasteiger partial charge is 0.355 e. The van der Waals surface area contributed by atoms with Crippen molar-refractivity contribution in [3.8, 4) is 11.8 Å². The molecule has 0 aromatic carbocycles. The Morgan fingerprint density at radius 2 is 2.15 bits per heavy atom. The van der Waals surface area contributed by atoms with Crippen molar-refractivity contribution >= 4 is 5.91 Å². The molecule has 0 radical (unpaired) electrons. The number of nitrogens with one attached hydrogen (secondary N) is 1. The van der Waals surface area contributed by atoms with Crippen LogP contribution in [-0.4, -0.2) is 12.5 Å². The molecule has 0 atom stereocenters. The lowest BCUT2D eigenvalue weighted by Crippen LogP contribution is -2.24. The number of amides is 1. The molecule has 0 heterocycles. The van der Waals surface area contributed by atoms with Crippen molar-refractivity contribution in [2.45, 2.75) is 40.0 Å². The first-order valence-electron chi connectivity index (χ1n) is 4.83. The van der Waals surface area contributed by atoms with Gasteiger partial charge in [-0.3, -0.25) is 4.79 Å². The molecular formula is C11H19NO. The summed E-state index contributed by atoms with van der Waals surface area (Å²) in [6.45, 7) is 6.73. The van der Waals surface area contributed by atoms with Crippen molar-refractivity contribution in [1.82, 2.24) is 5.32 Å². The van der Waals surface area contributed by atoms with E-state index in [0.717, 1.165) is 12.8 Å². The van der Waals surface area contributed by atoms with E-state index in [-0.39, 0.29) is 5.91 Å². The Hall–Kier alpha value is -0.970. The van der Waals surface area contributed by atoms with Gasteiger partial charge in [0.15, 0.2) is 0 Å². The highest BCUT2D eigenvalue weighted by atomic mass is 16.1. The summed E-state index contributed by atoms with van der Waals surface area (Å²) >= 11 is 0. The molecule has 0 aromatic rings. The van der Waals surface area contributed by atoms with Crippen LogP contribution < -0.4 is 5.32 Å². The number of carbonyl (C=O) groups is 1. The van der Waals surface area contributed by atoms with Crippen LogP contribution in [0.5, 0.6) is 0 Å². The minimum atomic E-state index is 0.145. The summed E-state index contributed by atoms with van der Waals surface area (Å²) < 4.78 is 0. The molecule has 0 unspecified atom stereocenters. The second-order valence-corrected chi connectivity index (χ2v) is 3.46. The van der Waals surface area contributed by atoms with E-state index in [1.807, 2.05) is 0 Å². The molecule has 13 heavy (non-hydrogen) atoms. The average molecular weight is 181 g/mol. The lowest BCUT2D eigenvalue weighted by Gasteiger charge is -2.04. The molecule has 0 aliphatic rings. The van der Waals surface area contributed by atoms with Crippen LogP contribution in [0.2, 0.25) is 0 Å². The predicted molar refractivity (Wildman–Crippen MR) is 55.1 cm³/mol. The average Bonchev–Trinajstić information content (AvgIpc) is 2.09. The fourth-order valence-electron chi connectivity index (χ4n) is 0.898. The monoisotopic (exact) mass is 181 g/mol. The maximum atomic E-state index is 11.2. The molecular weight excluding hydrogens is 162 g/mol. The van der Waals surface area contributed by atoms with Gasteiger partial charge < -0.3 is 5.32 Å². The number of hydrogen-bond donors (Lipinski definition) is 1. The Morgan fingerprint density at radius 1 is 1.46 bits per heavy atom. The van der Waals surface area contributed by atoms with Gasteiger partial charge in [0.25, 0.3) is 0 Å². The standard InChI is InChI=1S/C11H19NO/c1-4-5-6-9-12-11(13)8-7-10(2)3/h10H,6-9H2,1-3H3,(H,12,13). The zero-order valence-electron chi connectivity index (χ0n) is 8.81. The topological polar surface area (TPSA) is 29.1 Å². The Morgan fingerprint density at radius 3 is 2.69 bits per heavy atom. The van der Waals surface area contributed by atoms with Gasteiger partial charge >= 0.3 is 0 Å². The summed E-state index contributed by atoms with van der Waals surface area (Å²) in [6.07, 6.45) is 2.35. The molecule has 2 heteroatoms. The molecule has 0 saturated carbocycles. The van der Waals surface area contributed by atoms with Crippen LogP contribution in [0.25, 0.3) is 0 Å². The summed E-state index contributed by atoms with van der Waals surface area (Å²) in [4.78, 5) is 11.2. The van der Waals surface area contributed by atoms with E-state index >= 15 is 0 Å². The Labute approximate surface area is 81.1 Å². The number of hydrogen-bond acceptors (Lipinski definition) is 1. The first-order chi connectivity index (χ1) is 6.16. The second kappa shape index (κ2) is 7.67. The normalized spacial score (nSPS) is 9.23. The van der Waals surface area contributed by atoms with Crippen LogP contribution in [0.15, 0.2) is 0 Å². The molecule has 2 nitrogen and oxygen atoms in total. The zero-order valence-corrected chi connectivity index (χ0v) is 8.81. The summed E-state index contributed by atoms with van der Waals surface area (Å²) in [7, 11) is 0. The summed E-state index contributed by atoms with van der Waals surface area (Å²) in [5.74, 6) is 6.44. The first-order valence-corrected chi connectivity index (χ1v) is 4.83. The third-order valence-electron chi connectivity index (χ3n) is 1.70. The smallest absolute Gasteiger partial charge is 0.220 e. The van der Waals surface area contributed by atoms with Crippen LogP contribution in [0.1, 0.15) is 40.0 Å². The second-order valence-electron chi connectivity index (χ2n) is 3.46. The maximum absolute atomic E-state index is 11.2. The number of rotatable bonds is 5. The minimum absolute atomic E-state index is 0.145. The fraction of sp³-hybridized carbons (Fsp3) is 0.727. The van der Waals surface area contributed by atoms with Crippen molar-refractivity contribution in [3.05, 3.63) is 0 Å². The third kappa shape index (κ3) is 8.94. The van der Waals surface area contributed by atoms with Crippen LogP contribution >= 0.6 is 0 Å². The molecule has 0 aliphatic heterocycles. The fourth-order valence-corrected chi connectivity index (χ4v) is 0.898. The molecule has 0 spiro atoms. The van der Waals surface area contributed by atoms with Crippen molar-refractivity contribution in [1.29, 1.82) is 0 Å². The Balaban J connectivity index is 3.34. The summed E-state index contributed by atoms with van der Waals surface area (Å²) in [5, 5.41) is 2.83. The van der Waals surface area contributed by atoms with Gasteiger partial charge in [-0.1, -0.05) is 13.8 Å². The van der Waals surface area contributed by atoms with Crippen LogP contribution in [0.3, 0.4) is 0 Å². The lowest BCUT2D eigenvalue weighted by atomic mass is 10.1. The van der Waals surface area contributed by atoms with Gasteiger partial charge in [-0.05, 0) is 19.3 Å². The van der Waals surface area contributed by atoms with Gasteiger partial charge in [0.1, 0.15) is 0 Å². The van der Waals surface area contributed by atoms with Crippen LogP contribution in [-0.2, 0) is 4.79 Å². The molecule has 1 N–H and O–H groups in total. The van der Waals surface area contributed by atoms with Crippen molar-refractivity contribution in [3.63, 3.8) is 0 Å². The highest BCUT2D eigenvalue weighted by Crippen LogP contribution is 2.02. The molecule has 0 aliphatic carbocycles. The molecule has 0 aromatic heterocycles. The van der Waals surface area contributed by atoms with Crippen molar-refractivity contribution < 1.29 is 4.79 Å². The van der Waals surface area contributed by atoms with Gasteiger partial charge in [-0.15, -0.1) is 11.8 Å². The van der Waals surface area contributed by atoms with Gasteiger partial charge in [0.2, 0.25) is 5.91 Å². The highest BCUT2D eigenvalue weighted by Gasteiger charge is 2.01.